The van der Waals surface area contributed by atoms with E-state index in [0.717, 1.165) is 0 Å². The molecule has 0 unspecified atom stereocenters. The summed E-state index contributed by atoms with van der Waals surface area (Å²) in [6.07, 6.45) is 3.42. The third-order valence-corrected chi connectivity index (χ3v) is 4.66. The zero-order valence-corrected chi connectivity index (χ0v) is 16.2. The van der Waals surface area contributed by atoms with Crippen molar-refractivity contribution in [2.75, 3.05) is 50.6 Å². The molecule has 3 heterocycles. The summed E-state index contributed by atoms with van der Waals surface area (Å²) < 4.78 is 10.5. The molecule has 10 heteroatoms. The van der Waals surface area contributed by atoms with Crippen molar-refractivity contribution in [2.24, 2.45) is 0 Å². The molecular weight excluding hydrogens is 374 g/mol. The van der Waals surface area contributed by atoms with E-state index in [1.165, 1.54) is 7.11 Å². The second-order valence-corrected chi connectivity index (χ2v) is 6.39. The molecule has 0 saturated carbocycles. The number of aromatic nitrogens is 4. The monoisotopic (exact) mass is 395 g/mol. The molecule has 1 fully saturated rings. The minimum atomic E-state index is -0.251. The zero-order valence-electron chi connectivity index (χ0n) is 16.2. The van der Waals surface area contributed by atoms with Crippen LogP contribution >= 0.6 is 0 Å². The number of amides is 2. The minimum absolute atomic E-state index is 0.246. The van der Waals surface area contributed by atoms with Gasteiger partial charge in [-0.3, -0.25) is 5.32 Å². The summed E-state index contributed by atoms with van der Waals surface area (Å²) in [5.41, 5.74) is 1.25. The number of nitrogens with zero attached hydrogens (tertiary/aromatic N) is 6. The van der Waals surface area contributed by atoms with Gasteiger partial charge in [0.2, 0.25) is 5.95 Å². The van der Waals surface area contributed by atoms with Gasteiger partial charge in [-0.05, 0) is 18.2 Å². The van der Waals surface area contributed by atoms with Crippen molar-refractivity contribution >= 4 is 28.8 Å². The number of benzene rings is 1. The molecule has 0 radical (unpaired) electrons. The molecule has 0 bridgehead atoms. The zero-order chi connectivity index (χ0) is 20.2. The fourth-order valence-electron chi connectivity index (χ4n) is 3.11. The van der Waals surface area contributed by atoms with Gasteiger partial charge in [0, 0.05) is 44.6 Å². The van der Waals surface area contributed by atoms with Gasteiger partial charge >= 0.3 is 6.03 Å². The quantitative estimate of drug-likeness (QED) is 0.713. The van der Waals surface area contributed by atoms with Crippen molar-refractivity contribution in [1.82, 2.24) is 24.8 Å². The fraction of sp³-hybridized carbons (Fsp3) is 0.316. The van der Waals surface area contributed by atoms with Crippen LogP contribution in [-0.4, -0.2) is 71.3 Å². The number of carbonyl (C=O) groups excluding carboxylic acids is 1. The lowest BCUT2D eigenvalue weighted by atomic mass is 10.3. The Morgan fingerprint density at radius 2 is 1.76 bits per heavy atom. The number of ether oxygens (including phenoxy) is 2. The van der Waals surface area contributed by atoms with Crippen LogP contribution in [0.4, 0.5) is 16.6 Å². The Hall–Kier alpha value is -3.69. The molecule has 0 spiro atoms. The number of urea groups is 1. The molecule has 10 nitrogen and oxygen atoms in total. The first kappa shape index (κ1) is 18.7. The fourth-order valence-corrected chi connectivity index (χ4v) is 3.11. The van der Waals surface area contributed by atoms with E-state index >= 15 is 0 Å². The number of hydrogen-bond donors (Lipinski definition) is 1. The lowest BCUT2D eigenvalue weighted by Gasteiger charge is -2.34. The Bertz CT molecular complexity index is 1010. The summed E-state index contributed by atoms with van der Waals surface area (Å²) in [6.45, 7) is 2.39. The summed E-state index contributed by atoms with van der Waals surface area (Å²) in [7, 11) is 3.08. The Morgan fingerprint density at radius 1 is 1.00 bits per heavy atom. The SMILES string of the molecule is COc1ccc2nc(NC(=O)N3CCN(c4ncccn4)CC3)c(OC)nc2c1. The summed E-state index contributed by atoms with van der Waals surface area (Å²) >= 11 is 0. The van der Waals surface area contributed by atoms with E-state index in [-0.39, 0.29) is 17.7 Å². The third-order valence-electron chi connectivity index (χ3n) is 4.66. The molecule has 4 rings (SSSR count). The molecular formula is C19H21N7O3. The number of fused-ring (bicyclic) bond motifs is 1. The van der Waals surface area contributed by atoms with Crippen molar-refractivity contribution in [3.05, 3.63) is 36.7 Å². The number of rotatable bonds is 4. The second kappa shape index (κ2) is 8.13. The number of piperazine rings is 1. The first-order chi connectivity index (χ1) is 14.2. The van der Waals surface area contributed by atoms with Gasteiger partial charge in [-0.1, -0.05) is 0 Å². The largest absolute Gasteiger partial charge is 0.497 e. The van der Waals surface area contributed by atoms with Crippen LogP contribution in [0.2, 0.25) is 0 Å². The van der Waals surface area contributed by atoms with Crippen molar-refractivity contribution < 1.29 is 14.3 Å². The van der Waals surface area contributed by atoms with E-state index in [9.17, 15) is 4.79 Å². The first-order valence-electron chi connectivity index (χ1n) is 9.15. The molecule has 1 N–H and O–H groups in total. The van der Waals surface area contributed by atoms with E-state index in [0.29, 0.717) is 48.9 Å². The summed E-state index contributed by atoms with van der Waals surface area (Å²) in [4.78, 5) is 33.9. The number of anilines is 2. The highest BCUT2D eigenvalue weighted by Gasteiger charge is 2.24. The topological polar surface area (TPSA) is 106 Å². The molecule has 2 amide bonds. The Kier molecular flexibility index (Phi) is 5.23. The Labute approximate surface area is 167 Å². The van der Waals surface area contributed by atoms with Crippen LogP contribution in [-0.2, 0) is 0 Å². The first-order valence-corrected chi connectivity index (χ1v) is 9.15. The third kappa shape index (κ3) is 3.96. The maximum Gasteiger partial charge on any atom is 0.323 e. The van der Waals surface area contributed by atoms with Crippen LogP contribution in [0, 0.1) is 0 Å². The standard InChI is InChI=1S/C19H21N7O3/c1-28-13-4-5-14-15(12-13)23-17(29-2)16(22-14)24-19(27)26-10-8-25(9-11-26)18-20-6-3-7-21-18/h3-7,12H,8-11H2,1-2H3,(H,22,24,27). The van der Waals surface area contributed by atoms with Gasteiger partial charge in [-0.25, -0.2) is 24.7 Å². The highest BCUT2D eigenvalue weighted by Crippen LogP contribution is 2.26. The molecule has 3 aromatic rings. The van der Waals surface area contributed by atoms with Crippen LogP contribution < -0.4 is 19.7 Å². The van der Waals surface area contributed by atoms with Crippen molar-refractivity contribution in [2.45, 2.75) is 0 Å². The summed E-state index contributed by atoms with van der Waals surface area (Å²) in [6, 6.07) is 6.87. The maximum atomic E-state index is 12.7. The molecule has 150 valence electrons. The molecule has 1 aliphatic rings. The molecule has 1 aliphatic heterocycles. The van der Waals surface area contributed by atoms with E-state index in [1.807, 2.05) is 4.90 Å². The van der Waals surface area contributed by atoms with Crippen molar-refractivity contribution in [1.29, 1.82) is 0 Å². The van der Waals surface area contributed by atoms with Gasteiger partial charge in [0.1, 0.15) is 5.75 Å². The van der Waals surface area contributed by atoms with Crippen LogP contribution in [0.15, 0.2) is 36.7 Å². The van der Waals surface area contributed by atoms with Gasteiger partial charge in [-0.15, -0.1) is 0 Å². The highest BCUT2D eigenvalue weighted by molar-refractivity contribution is 5.91. The molecule has 1 aromatic carbocycles. The normalized spacial score (nSPS) is 14.0. The van der Waals surface area contributed by atoms with Gasteiger partial charge in [0.15, 0.2) is 5.82 Å². The average Bonchev–Trinajstić information content (AvgIpc) is 2.79. The molecule has 0 atom stereocenters. The maximum absolute atomic E-state index is 12.7. The highest BCUT2D eigenvalue weighted by atomic mass is 16.5. The van der Waals surface area contributed by atoms with E-state index in [4.69, 9.17) is 9.47 Å². The number of nitrogens with one attached hydrogen (secondary N) is 1. The van der Waals surface area contributed by atoms with Crippen molar-refractivity contribution in [3.8, 4) is 11.6 Å². The minimum Gasteiger partial charge on any atom is -0.497 e. The average molecular weight is 395 g/mol. The second-order valence-electron chi connectivity index (χ2n) is 6.39. The number of methoxy groups -OCH3 is 2. The van der Waals surface area contributed by atoms with E-state index in [1.54, 1.807) is 48.7 Å². The predicted molar refractivity (Wildman–Crippen MR) is 107 cm³/mol. The van der Waals surface area contributed by atoms with Crippen LogP contribution in [0.25, 0.3) is 11.0 Å². The van der Waals surface area contributed by atoms with E-state index < -0.39 is 0 Å². The van der Waals surface area contributed by atoms with Crippen LogP contribution in [0.5, 0.6) is 11.6 Å². The number of hydrogen-bond acceptors (Lipinski definition) is 8. The molecule has 0 aliphatic carbocycles. The molecule has 1 saturated heterocycles. The molecule has 29 heavy (non-hydrogen) atoms. The Morgan fingerprint density at radius 3 is 2.45 bits per heavy atom. The predicted octanol–water partition coefficient (Wildman–Crippen LogP) is 1.79. The summed E-state index contributed by atoms with van der Waals surface area (Å²) in [5, 5.41) is 2.81. The van der Waals surface area contributed by atoms with Gasteiger partial charge in [0.25, 0.3) is 5.88 Å². The number of carbonyl (C=O) groups is 1. The summed E-state index contributed by atoms with van der Waals surface area (Å²) in [5.74, 6) is 1.87. The van der Waals surface area contributed by atoms with E-state index in [2.05, 4.69) is 25.3 Å². The van der Waals surface area contributed by atoms with Crippen LogP contribution in [0.3, 0.4) is 0 Å². The lowest BCUT2D eigenvalue weighted by molar-refractivity contribution is 0.207. The van der Waals surface area contributed by atoms with Gasteiger partial charge in [-0.2, -0.15) is 0 Å². The van der Waals surface area contributed by atoms with Gasteiger partial charge in [0.05, 0.1) is 25.3 Å². The molecule has 2 aromatic heterocycles. The smallest absolute Gasteiger partial charge is 0.323 e. The van der Waals surface area contributed by atoms with Crippen molar-refractivity contribution in [3.63, 3.8) is 0 Å². The van der Waals surface area contributed by atoms with Gasteiger partial charge < -0.3 is 19.3 Å². The Balaban J connectivity index is 1.46. The van der Waals surface area contributed by atoms with Crippen LogP contribution in [0.1, 0.15) is 0 Å². The lowest BCUT2D eigenvalue weighted by Crippen LogP contribution is -2.50.